The normalized spacial score (nSPS) is 19.4. The van der Waals surface area contributed by atoms with E-state index in [1.807, 2.05) is 0 Å². The Morgan fingerprint density at radius 1 is 1.27 bits per heavy atom. The van der Waals surface area contributed by atoms with E-state index < -0.39 is 18.1 Å². The summed E-state index contributed by atoms with van der Waals surface area (Å²) in [5.41, 5.74) is 6.92. The van der Waals surface area contributed by atoms with E-state index in [4.69, 9.17) is 16.2 Å². The maximum absolute atomic E-state index is 13.3. The second kappa shape index (κ2) is 11.1. The number of amides is 2. The lowest BCUT2D eigenvalue weighted by Crippen LogP contribution is -2.52. The zero-order valence-corrected chi connectivity index (χ0v) is 19.0. The van der Waals surface area contributed by atoms with Gasteiger partial charge in [-0.25, -0.2) is 0 Å². The van der Waals surface area contributed by atoms with Crippen LogP contribution in [0.4, 0.5) is 0 Å². The topological polar surface area (TPSA) is 154 Å². The zero-order valence-electron chi connectivity index (χ0n) is 19.0. The van der Waals surface area contributed by atoms with Crippen molar-refractivity contribution in [3.8, 4) is 0 Å². The van der Waals surface area contributed by atoms with Crippen molar-refractivity contribution in [2.75, 3.05) is 6.54 Å². The third kappa shape index (κ3) is 6.44. The first-order chi connectivity index (χ1) is 15.8. The molecule has 0 spiro atoms. The molecular formula is C23H34N6O4. The third-order valence-electron chi connectivity index (χ3n) is 6.41. The minimum absolute atomic E-state index is 0.0512. The smallest absolute Gasteiger partial charge is 0.317 e. The molecule has 1 aliphatic heterocycles. The summed E-state index contributed by atoms with van der Waals surface area (Å²) in [7, 11) is 1.78. The maximum atomic E-state index is 13.3. The second-order valence-electron chi connectivity index (χ2n) is 8.92. The van der Waals surface area contributed by atoms with Gasteiger partial charge in [0.05, 0.1) is 18.3 Å². The first-order valence-corrected chi connectivity index (χ1v) is 11.5. The summed E-state index contributed by atoms with van der Waals surface area (Å²) in [5.74, 6) is -1.24. The molecule has 1 aromatic heterocycles. The van der Waals surface area contributed by atoms with Crippen molar-refractivity contribution >= 4 is 23.6 Å². The number of aryl methyl sites for hydroxylation is 1. The van der Waals surface area contributed by atoms with E-state index in [0.717, 1.165) is 31.2 Å². The molecule has 2 atom stereocenters. The number of hydrogen-bond acceptors (Lipinski definition) is 5. The quantitative estimate of drug-likeness (QED) is 0.261. The standard InChI is InChI=1S/C23H34N6O4/c1-28-14-16(11-19(28)21(24)25)12-27-22(32)18-8-5-9-29(18)23(33)17(26-13-20(30)31)10-15-6-3-2-4-7-15/h5,9,11,14-15,17-18,26H,2-4,6-8,10,12-13H2,1H3,(H3,24,25)(H,27,32)(H,30,31). The van der Waals surface area contributed by atoms with Gasteiger partial charge >= 0.3 is 5.97 Å². The summed E-state index contributed by atoms with van der Waals surface area (Å²) in [5, 5.41) is 22.4. The van der Waals surface area contributed by atoms with E-state index in [1.165, 1.54) is 11.3 Å². The maximum Gasteiger partial charge on any atom is 0.317 e. The lowest BCUT2D eigenvalue weighted by atomic mass is 9.84. The van der Waals surface area contributed by atoms with E-state index in [2.05, 4.69) is 10.6 Å². The van der Waals surface area contributed by atoms with Gasteiger partial charge in [0, 0.05) is 26.0 Å². The van der Waals surface area contributed by atoms with Crippen LogP contribution in [-0.2, 0) is 28.0 Å². The van der Waals surface area contributed by atoms with Crippen LogP contribution in [0.15, 0.2) is 24.5 Å². The van der Waals surface area contributed by atoms with Crippen LogP contribution in [-0.4, -0.2) is 56.8 Å². The number of aromatic nitrogens is 1. The van der Waals surface area contributed by atoms with Gasteiger partial charge in [0.1, 0.15) is 11.9 Å². The SMILES string of the molecule is Cn1cc(CNC(=O)C2CC=CN2C(=O)C(CC2CCCCC2)NCC(=O)O)cc1C(=N)N. The lowest BCUT2D eigenvalue weighted by molar-refractivity contribution is -0.140. The van der Waals surface area contributed by atoms with Gasteiger partial charge < -0.3 is 25.6 Å². The number of aliphatic carboxylic acids is 1. The van der Waals surface area contributed by atoms with Crippen molar-refractivity contribution in [1.29, 1.82) is 5.41 Å². The minimum Gasteiger partial charge on any atom is -0.480 e. The largest absolute Gasteiger partial charge is 0.480 e. The average Bonchev–Trinajstić information content (AvgIpc) is 3.42. The summed E-state index contributed by atoms with van der Waals surface area (Å²) in [4.78, 5) is 38.8. The van der Waals surface area contributed by atoms with Gasteiger partial charge in [-0.15, -0.1) is 0 Å². The van der Waals surface area contributed by atoms with Gasteiger partial charge in [-0.05, 0) is 30.4 Å². The van der Waals surface area contributed by atoms with Gasteiger partial charge in [0.15, 0.2) is 0 Å². The Bertz CT molecular complexity index is 918. The van der Waals surface area contributed by atoms with E-state index in [-0.39, 0.29) is 30.7 Å². The molecule has 1 aliphatic carbocycles. The number of carboxylic acids is 1. The number of amidine groups is 1. The highest BCUT2D eigenvalue weighted by Crippen LogP contribution is 2.28. The molecule has 180 valence electrons. The molecular weight excluding hydrogens is 424 g/mol. The van der Waals surface area contributed by atoms with Crippen molar-refractivity contribution < 1.29 is 19.5 Å². The Hall–Kier alpha value is -3.14. The highest BCUT2D eigenvalue weighted by atomic mass is 16.4. The number of rotatable bonds is 10. The van der Waals surface area contributed by atoms with E-state index in [0.29, 0.717) is 24.5 Å². The predicted octanol–water partition coefficient (Wildman–Crippen LogP) is 1.05. The molecule has 10 nitrogen and oxygen atoms in total. The molecule has 0 saturated heterocycles. The van der Waals surface area contributed by atoms with Crippen LogP contribution in [0, 0.1) is 11.3 Å². The Balaban J connectivity index is 1.63. The fourth-order valence-corrected chi connectivity index (χ4v) is 4.70. The highest BCUT2D eigenvalue weighted by Gasteiger charge is 2.35. The van der Waals surface area contributed by atoms with Gasteiger partial charge in [-0.1, -0.05) is 38.2 Å². The van der Waals surface area contributed by atoms with E-state index >= 15 is 0 Å². The van der Waals surface area contributed by atoms with Crippen molar-refractivity contribution in [3.05, 3.63) is 35.8 Å². The summed E-state index contributed by atoms with van der Waals surface area (Å²) in [6.45, 7) is -0.0503. The van der Waals surface area contributed by atoms with Crippen LogP contribution < -0.4 is 16.4 Å². The second-order valence-corrected chi connectivity index (χ2v) is 8.92. The first kappa shape index (κ1) is 24.5. The van der Waals surface area contributed by atoms with Crippen LogP contribution in [0.2, 0.25) is 0 Å². The van der Waals surface area contributed by atoms with Crippen LogP contribution in [0.1, 0.15) is 56.2 Å². The minimum atomic E-state index is -1.02. The average molecular weight is 459 g/mol. The molecule has 1 aromatic rings. The number of nitrogens with two attached hydrogens (primary N) is 1. The van der Waals surface area contributed by atoms with Crippen molar-refractivity contribution in [1.82, 2.24) is 20.1 Å². The molecule has 6 N–H and O–H groups in total. The van der Waals surface area contributed by atoms with Crippen LogP contribution in [0.3, 0.4) is 0 Å². The molecule has 2 unspecified atom stereocenters. The molecule has 0 radical (unpaired) electrons. The summed E-state index contributed by atoms with van der Waals surface area (Å²) in [6, 6.07) is 0.428. The number of nitrogens with zero attached hydrogens (tertiary/aromatic N) is 2. The van der Waals surface area contributed by atoms with E-state index in [9.17, 15) is 14.4 Å². The Morgan fingerprint density at radius 3 is 2.64 bits per heavy atom. The van der Waals surface area contributed by atoms with Gasteiger partial charge in [-0.3, -0.25) is 25.1 Å². The molecule has 2 amide bonds. The van der Waals surface area contributed by atoms with Crippen molar-refractivity contribution in [3.63, 3.8) is 0 Å². The molecule has 3 rings (SSSR count). The number of carboxylic acid groups (broad SMARTS) is 1. The Morgan fingerprint density at radius 2 is 2.00 bits per heavy atom. The molecule has 2 aliphatic rings. The van der Waals surface area contributed by atoms with Gasteiger partial charge in [-0.2, -0.15) is 0 Å². The molecule has 1 saturated carbocycles. The lowest BCUT2D eigenvalue weighted by Gasteiger charge is -2.31. The number of nitrogen functional groups attached to an aromatic ring is 1. The highest BCUT2D eigenvalue weighted by molar-refractivity contribution is 5.94. The van der Waals surface area contributed by atoms with Crippen LogP contribution in [0.5, 0.6) is 0 Å². The van der Waals surface area contributed by atoms with E-state index in [1.54, 1.807) is 36.2 Å². The fourth-order valence-electron chi connectivity index (χ4n) is 4.70. The number of carbonyl (C=O) groups is 3. The van der Waals surface area contributed by atoms with Crippen molar-refractivity contribution in [2.45, 2.75) is 63.6 Å². The molecule has 1 fully saturated rings. The summed E-state index contributed by atoms with van der Waals surface area (Å²) >= 11 is 0. The number of hydrogen-bond donors (Lipinski definition) is 5. The fraction of sp³-hybridized carbons (Fsp3) is 0.565. The summed E-state index contributed by atoms with van der Waals surface area (Å²) in [6.07, 6.45) is 11.7. The van der Waals surface area contributed by atoms with Gasteiger partial charge in [0.25, 0.3) is 0 Å². The number of carbonyl (C=O) groups excluding carboxylic acids is 2. The monoisotopic (exact) mass is 458 g/mol. The molecule has 10 heteroatoms. The Kier molecular flexibility index (Phi) is 8.26. The zero-order chi connectivity index (χ0) is 24.0. The number of nitrogens with one attached hydrogen (secondary N) is 3. The first-order valence-electron chi connectivity index (χ1n) is 11.5. The van der Waals surface area contributed by atoms with Crippen LogP contribution >= 0.6 is 0 Å². The molecule has 0 bridgehead atoms. The predicted molar refractivity (Wildman–Crippen MR) is 123 cm³/mol. The molecule has 33 heavy (non-hydrogen) atoms. The van der Waals surface area contributed by atoms with Gasteiger partial charge in [0.2, 0.25) is 11.8 Å². The van der Waals surface area contributed by atoms with Crippen molar-refractivity contribution in [2.24, 2.45) is 18.7 Å². The van der Waals surface area contributed by atoms with Crippen LogP contribution in [0.25, 0.3) is 0 Å². The Labute approximate surface area is 193 Å². The molecule has 0 aromatic carbocycles. The third-order valence-corrected chi connectivity index (χ3v) is 6.41. The molecule has 2 heterocycles. The summed E-state index contributed by atoms with van der Waals surface area (Å²) < 4.78 is 1.72.